The average Bonchev–Trinajstić information content (AvgIpc) is 2.49. The summed E-state index contributed by atoms with van der Waals surface area (Å²) in [6.45, 7) is 2.95. The number of hydrogen-bond acceptors (Lipinski definition) is 2. The molecule has 0 saturated carbocycles. The second-order valence-corrected chi connectivity index (χ2v) is 4.66. The van der Waals surface area contributed by atoms with E-state index in [0.29, 0.717) is 19.6 Å². The summed E-state index contributed by atoms with van der Waals surface area (Å²) in [6, 6.07) is 13.5. The maximum Gasteiger partial charge on any atom is 0.224 e. The molecule has 0 heterocycles. The zero-order valence-corrected chi connectivity index (χ0v) is 11.9. The minimum atomic E-state index is -0.278. The van der Waals surface area contributed by atoms with Gasteiger partial charge in [-0.3, -0.25) is 4.79 Å². The van der Waals surface area contributed by atoms with E-state index in [1.165, 1.54) is 12.1 Å². The first-order chi connectivity index (χ1) is 10.2. The fraction of sp³-hybridized carbons (Fsp3) is 0.235. The molecule has 2 aromatic carbocycles. The summed E-state index contributed by atoms with van der Waals surface area (Å²) in [4.78, 5) is 11.8. The standard InChI is InChI=1S/C17H18FNO2/c1-2-21-16-9-5-13(6-10-16)11-17(20)19-12-14-3-7-15(18)8-4-14/h3-10H,2,11-12H2,1H3,(H,19,20). The zero-order chi connectivity index (χ0) is 15.1. The third-order valence-corrected chi connectivity index (χ3v) is 3.00. The van der Waals surface area contributed by atoms with E-state index in [4.69, 9.17) is 4.74 Å². The predicted molar refractivity (Wildman–Crippen MR) is 79.6 cm³/mol. The SMILES string of the molecule is CCOc1ccc(CC(=O)NCc2ccc(F)cc2)cc1. The van der Waals surface area contributed by atoms with Crippen LogP contribution in [0.2, 0.25) is 0 Å². The second kappa shape index (κ2) is 7.43. The molecule has 0 bridgehead atoms. The third kappa shape index (κ3) is 4.91. The van der Waals surface area contributed by atoms with E-state index in [1.54, 1.807) is 12.1 Å². The molecule has 0 unspecified atom stereocenters. The maximum absolute atomic E-state index is 12.8. The van der Waals surface area contributed by atoms with E-state index in [2.05, 4.69) is 5.32 Å². The Morgan fingerprint density at radius 1 is 1.05 bits per heavy atom. The second-order valence-electron chi connectivity index (χ2n) is 4.66. The van der Waals surface area contributed by atoms with Gasteiger partial charge < -0.3 is 10.1 Å². The summed E-state index contributed by atoms with van der Waals surface area (Å²) in [5.41, 5.74) is 1.80. The molecule has 0 spiro atoms. The molecule has 2 rings (SSSR count). The number of rotatable bonds is 6. The van der Waals surface area contributed by atoms with Gasteiger partial charge in [-0.2, -0.15) is 0 Å². The molecular formula is C17H18FNO2. The van der Waals surface area contributed by atoms with Crippen molar-refractivity contribution in [3.8, 4) is 5.75 Å². The van der Waals surface area contributed by atoms with Gasteiger partial charge in [0.1, 0.15) is 11.6 Å². The maximum atomic E-state index is 12.8. The molecule has 0 atom stereocenters. The molecule has 4 heteroatoms. The van der Waals surface area contributed by atoms with Crippen LogP contribution in [-0.4, -0.2) is 12.5 Å². The topological polar surface area (TPSA) is 38.3 Å². The Morgan fingerprint density at radius 2 is 1.67 bits per heavy atom. The van der Waals surface area contributed by atoms with Gasteiger partial charge in [0, 0.05) is 6.54 Å². The molecule has 0 saturated heterocycles. The normalized spacial score (nSPS) is 10.2. The van der Waals surface area contributed by atoms with E-state index in [1.807, 2.05) is 31.2 Å². The summed E-state index contributed by atoms with van der Waals surface area (Å²) in [6.07, 6.45) is 0.313. The van der Waals surface area contributed by atoms with E-state index in [0.717, 1.165) is 16.9 Å². The largest absolute Gasteiger partial charge is 0.494 e. The minimum Gasteiger partial charge on any atom is -0.494 e. The highest BCUT2D eigenvalue weighted by Gasteiger charge is 2.04. The number of amides is 1. The highest BCUT2D eigenvalue weighted by atomic mass is 19.1. The number of carbonyl (C=O) groups excluding carboxylic acids is 1. The molecule has 3 nitrogen and oxygen atoms in total. The van der Waals surface area contributed by atoms with E-state index >= 15 is 0 Å². The molecule has 0 aromatic heterocycles. The Kier molecular flexibility index (Phi) is 5.32. The zero-order valence-electron chi connectivity index (χ0n) is 11.9. The van der Waals surface area contributed by atoms with Crippen molar-refractivity contribution in [2.75, 3.05) is 6.61 Å². The van der Waals surface area contributed by atoms with Crippen LogP contribution in [0.3, 0.4) is 0 Å². The number of nitrogens with one attached hydrogen (secondary N) is 1. The van der Waals surface area contributed by atoms with E-state index in [9.17, 15) is 9.18 Å². The van der Waals surface area contributed by atoms with Crippen LogP contribution in [0.1, 0.15) is 18.1 Å². The van der Waals surface area contributed by atoms with Gasteiger partial charge in [0.15, 0.2) is 0 Å². The van der Waals surface area contributed by atoms with Gasteiger partial charge in [0.2, 0.25) is 5.91 Å². The number of halogens is 1. The Balaban J connectivity index is 1.82. The first kappa shape index (κ1) is 15.0. The van der Waals surface area contributed by atoms with Crippen molar-refractivity contribution in [2.24, 2.45) is 0 Å². The van der Waals surface area contributed by atoms with Crippen molar-refractivity contribution < 1.29 is 13.9 Å². The van der Waals surface area contributed by atoms with Crippen LogP contribution < -0.4 is 10.1 Å². The molecule has 0 fully saturated rings. The number of carbonyl (C=O) groups is 1. The summed E-state index contributed by atoms with van der Waals surface area (Å²) < 4.78 is 18.1. The molecule has 0 aliphatic heterocycles. The quantitative estimate of drug-likeness (QED) is 0.886. The van der Waals surface area contributed by atoms with Gasteiger partial charge in [-0.05, 0) is 42.3 Å². The fourth-order valence-electron chi connectivity index (χ4n) is 1.92. The molecule has 0 aliphatic rings. The van der Waals surface area contributed by atoms with Crippen molar-refractivity contribution in [1.29, 1.82) is 0 Å². The molecule has 110 valence electrons. The molecular weight excluding hydrogens is 269 g/mol. The lowest BCUT2D eigenvalue weighted by Gasteiger charge is -2.07. The van der Waals surface area contributed by atoms with Gasteiger partial charge in [-0.1, -0.05) is 24.3 Å². The lowest BCUT2D eigenvalue weighted by molar-refractivity contribution is -0.120. The highest BCUT2D eigenvalue weighted by molar-refractivity contribution is 5.78. The summed E-state index contributed by atoms with van der Waals surface area (Å²) in [5.74, 6) is 0.455. The first-order valence-corrected chi connectivity index (χ1v) is 6.90. The average molecular weight is 287 g/mol. The molecule has 0 radical (unpaired) electrons. The monoisotopic (exact) mass is 287 g/mol. The minimum absolute atomic E-state index is 0.0662. The van der Waals surface area contributed by atoms with Crippen LogP contribution in [0.25, 0.3) is 0 Å². The number of hydrogen-bond donors (Lipinski definition) is 1. The van der Waals surface area contributed by atoms with Crippen LogP contribution in [0, 0.1) is 5.82 Å². The summed E-state index contributed by atoms with van der Waals surface area (Å²) in [5, 5.41) is 2.81. The summed E-state index contributed by atoms with van der Waals surface area (Å²) in [7, 11) is 0. The first-order valence-electron chi connectivity index (χ1n) is 6.90. The summed E-state index contributed by atoms with van der Waals surface area (Å²) >= 11 is 0. The smallest absolute Gasteiger partial charge is 0.224 e. The molecule has 2 aromatic rings. The Hall–Kier alpha value is -2.36. The van der Waals surface area contributed by atoms with E-state index < -0.39 is 0 Å². The molecule has 1 amide bonds. The van der Waals surface area contributed by atoms with Gasteiger partial charge in [0.25, 0.3) is 0 Å². The molecule has 0 aliphatic carbocycles. The third-order valence-electron chi connectivity index (χ3n) is 3.00. The number of benzene rings is 2. The van der Waals surface area contributed by atoms with Crippen molar-refractivity contribution in [3.05, 3.63) is 65.5 Å². The lowest BCUT2D eigenvalue weighted by Crippen LogP contribution is -2.24. The van der Waals surface area contributed by atoms with Gasteiger partial charge in [-0.15, -0.1) is 0 Å². The van der Waals surface area contributed by atoms with Crippen LogP contribution in [0.5, 0.6) is 5.75 Å². The highest BCUT2D eigenvalue weighted by Crippen LogP contribution is 2.12. The lowest BCUT2D eigenvalue weighted by atomic mass is 10.1. The number of ether oxygens (including phenoxy) is 1. The Bertz CT molecular complexity index is 579. The van der Waals surface area contributed by atoms with E-state index in [-0.39, 0.29) is 11.7 Å². The van der Waals surface area contributed by atoms with Gasteiger partial charge >= 0.3 is 0 Å². The van der Waals surface area contributed by atoms with Crippen LogP contribution >= 0.6 is 0 Å². The van der Waals surface area contributed by atoms with Crippen molar-refractivity contribution in [3.63, 3.8) is 0 Å². The fourth-order valence-corrected chi connectivity index (χ4v) is 1.92. The Morgan fingerprint density at radius 3 is 2.29 bits per heavy atom. The Labute approximate surface area is 123 Å². The van der Waals surface area contributed by atoms with Crippen LogP contribution in [-0.2, 0) is 17.8 Å². The van der Waals surface area contributed by atoms with Crippen molar-refractivity contribution in [1.82, 2.24) is 5.32 Å². The molecule has 21 heavy (non-hydrogen) atoms. The van der Waals surface area contributed by atoms with Crippen LogP contribution in [0.15, 0.2) is 48.5 Å². The van der Waals surface area contributed by atoms with Crippen molar-refractivity contribution >= 4 is 5.91 Å². The van der Waals surface area contributed by atoms with Crippen molar-refractivity contribution in [2.45, 2.75) is 19.9 Å². The van der Waals surface area contributed by atoms with Gasteiger partial charge in [0.05, 0.1) is 13.0 Å². The van der Waals surface area contributed by atoms with Crippen LogP contribution in [0.4, 0.5) is 4.39 Å². The predicted octanol–water partition coefficient (Wildman–Crippen LogP) is 3.08. The van der Waals surface area contributed by atoms with Gasteiger partial charge in [-0.25, -0.2) is 4.39 Å². The molecule has 1 N–H and O–H groups in total.